The number of methoxy groups -OCH3 is 1. The Kier molecular flexibility index (Phi) is 7.69. The molecular weight excluding hydrogens is 300 g/mol. The maximum atomic E-state index is 12.6. The molecule has 22 heavy (non-hydrogen) atoms. The average molecular weight is 327 g/mol. The van der Waals surface area contributed by atoms with Crippen molar-refractivity contribution in [2.75, 3.05) is 27.2 Å². The number of likely N-dealkylation sites (N-methyl/N-ethyl adjacent to an activating group) is 1. The zero-order valence-electron chi connectivity index (χ0n) is 13.7. The van der Waals surface area contributed by atoms with Crippen LogP contribution in [0.5, 0.6) is 5.75 Å². The van der Waals surface area contributed by atoms with E-state index < -0.39 is 0 Å². The van der Waals surface area contributed by atoms with Crippen LogP contribution >= 0.6 is 12.4 Å². The minimum absolute atomic E-state index is 0. The molecule has 1 atom stereocenters. The number of carbonyl (C=O) groups is 1. The Bertz CT molecular complexity index is 475. The van der Waals surface area contributed by atoms with Crippen LogP contribution in [-0.2, 0) is 11.2 Å². The Morgan fingerprint density at radius 2 is 2.00 bits per heavy atom. The number of hydrogen-bond acceptors (Lipinski definition) is 3. The third-order valence-electron chi connectivity index (χ3n) is 4.41. The molecule has 1 amide bonds. The Balaban J connectivity index is 0.00000242. The lowest BCUT2D eigenvalue weighted by Crippen LogP contribution is -2.43. The second-order valence-electron chi connectivity index (χ2n) is 5.84. The SMILES string of the molecule is COc1ccccc1CC(C)N(C)C(=O)C1CCNCC1.Cl. The Hall–Kier alpha value is -1.26. The van der Waals surface area contributed by atoms with E-state index in [1.807, 2.05) is 30.1 Å². The molecule has 1 aliphatic rings. The van der Waals surface area contributed by atoms with Crippen LogP contribution in [0.25, 0.3) is 0 Å². The minimum atomic E-state index is 0. The van der Waals surface area contributed by atoms with Gasteiger partial charge in [0.25, 0.3) is 0 Å². The molecule has 4 nitrogen and oxygen atoms in total. The quantitative estimate of drug-likeness (QED) is 0.904. The molecule has 1 saturated heterocycles. The summed E-state index contributed by atoms with van der Waals surface area (Å²) in [5, 5.41) is 3.31. The highest BCUT2D eigenvalue weighted by Crippen LogP contribution is 2.22. The molecule has 1 N–H and O–H groups in total. The van der Waals surface area contributed by atoms with Gasteiger partial charge in [0.05, 0.1) is 7.11 Å². The standard InChI is InChI=1S/C17H26N2O2.ClH/c1-13(12-15-6-4-5-7-16(15)21-3)19(2)17(20)14-8-10-18-11-9-14;/h4-7,13-14,18H,8-12H2,1-3H3;1H. The van der Waals surface area contributed by atoms with Crippen molar-refractivity contribution in [1.29, 1.82) is 0 Å². The predicted octanol–water partition coefficient (Wildman–Crippen LogP) is 2.51. The molecule has 0 aromatic heterocycles. The molecule has 124 valence electrons. The van der Waals surface area contributed by atoms with Gasteiger partial charge in [-0.2, -0.15) is 0 Å². The fourth-order valence-corrected chi connectivity index (χ4v) is 2.90. The van der Waals surface area contributed by atoms with Crippen LogP contribution in [0.1, 0.15) is 25.3 Å². The second-order valence-corrected chi connectivity index (χ2v) is 5.84. The van der Waals surface area contributed by atoms with Crippen LogP contribution in [0.3, 0.4) is 0 Å². The molecule has 0 bridgehead atoms. The number of benzene rings is 1. The minimum Gasteiger partial charge on any atom is -0.496 e. The van der Waals surface area contributed by atoms with Crippen molar-refractivity contribution < 1.29 is 9.53 Å². The number of rotatable bonds is 5. The van der Waals surface area contributed by atoms with Crippen LogP contribution in [-0.4, -0.2) is 44.1 Å². The Morgan fingerprint density at radius 3 is 2.64 bits per heavy atom. The van der Waals surface area contributed by atoms with Crippen molar-refractivity contribution in [3.8, 4) is 5.75 Å². The summed E-state index contributed by atoms with van der Waals surface area (Å²) in [6.45, 7) is 4.00. The Labute approximate surface area is 139 Å². The van der Waals surface area contributed by atoms with E-state index in [0.717, 1.165) is 43.7 Å². The van der Waals surface area contributed by atoms with E-state index in [1.165, 1.54) is 0 Å². The van der Waals surface area contributed by atoms with Crippen LogP contribution < -0.4 is 10.1 Å². The van der Waals surface area contributed by atoms with Crippen molar-refractivity contribution >= 4 is 18.3 Å². The van der Waals surface area contributed by atoms with E-state index in [0.29, 0.717) is 0 Å². The van der Waals surface area contributed by atoms with E-state index in [2.05, 4.69) is 18.3 Å². The van der Waals surface area contributed by atoms with Crippen molar-refractivity contribution in [3.63, 3.8) is 0 Å². The lowest BCUT2D eigenvalue weighted by atomic mass is 9.95. The Morgan fingerprint density at radius 1 is 1.36 bits per heavy atom. The summed E-state index contributed by atoms with van der Waals surface area (Å²) >= 11 is 0. The van der Waals surface area contributed by atoms with E-state index in [-0.39, 0.29) is 30.3 Å². The maximum Gasteiger partial charge on any atom is 0.225 e. The average Bonchev–Trinajstić information content (AvgIpc) is 2.54. The second kappa shape index (κ2) is 9.01. The number of amides is 1. The van der Waals surface area contributed by atoms with Crippen LogP contribution in [0, 0.1) is 5.92 Å². The third-order valence-corrected chi connectivity index (χ3v) is 4.41. The van der Waals surface area contributed by atoms with Gasteiger partial charge in [-0.1, -0.05) is 18.2 Å². The first kappa shape index (κ1) is 18.8. The molecule has 0 saturated carbocycles. The molecule has 0 aliphatic carbocycles. The monoisotopic (exact) mass is 326 g/mol. The van der Waals surface area contributed by atoms with Crippen LogP contribution in [0.15, 0.2) is 24.3 Å². The highest BCUT2D eigenvalue weighted by atomic mass is 35.5. The highest BCUT2D eigenvalue weighted by Gasteiger charge is 2.26. The normalized spacial score (nSPS) is 16.5. The molecule has 1 aromatic carbocycles. The van der Waals surface area contributed by atoms with Gasteiger partial charge in [0.1, 0.15) is 5.75 Å². The summed E-state index contributed by atoms with van der Waals surface area (Å²) in [6, 6.07) is 8.19. The van der Waals surface area contributed by atoms with Crippen LogP contribution in [0.4, 0.5) is 0 Å². The van der Waals surface area contributed by atoms with Crippen molar-refractivity contribution in [1.82, 2.24) is 10.2 Å². The summed E-state index contributed by atoms with van der Waals surface area (Å²) < 4.78 is 5.39. The van der Waals surface area contributed by atoms with Crippen molar-refractivity contribution in [2.45, 2.75) is 32.2 Å². The first-order valence-electron chi connectivity index (χ1n) is 7.72. The maximum absolute atomic E-state index is 12.6. The van der Waals surface area contributed by atoms with Gasteiger partial charge in [0, 0.05) is 19.0 Å². The topological polar surface area (TPSA) is 41.6 Å². The van der Waals surface area contributed by atoms with Gasteiger partial charge in [-0.15, -0.1) is 12.4 Å². The van der Waals surface area contributed by atoms with Gasteiger partial charge in [0.2, 0.25) is 5.91 Å². The van der Waals surface area contributed by atoms with E-state index >= 15 is 0 Å². The summed E-state index contributed by atoms with van der Waals surface area (Å²) in [4.78, 5) is 14.5. The molecule has 1 aromatic rings. The number of carbonyl (C=O) groups excluding carboxylic acids is 1. The fraction of sp³-hybridized carbons (Fsp3) is 0.588. The third kappa shape index (κ3) is 4.62. The van der Waals surface area contributed by atoms with E-state index in [9.17, 15) is 4.79 Å². The molecule has 1 aliphatic heterocycles. The number of hydrogen-bond donors (Lipinski definition) is 1. The lowest BCUT2D eigenvalue weighted by molar-refractivity contribution is -0.136. The molecule has 5 heteroatoms. The molecular formula is C17H27ClN2O2. The molecule has 1 heterocycles. The largest absolute Gasteiger partial charge is 0.496 e. The smallest absolute Gasteiger partial charge is 0.225 e. The summed E-state index contributed by atoms with van der Waals surface area (Å²) in [6.07, 6.45) is 2.71. The summed E-state index contributed by atoms with van der Waals surface area (Å²) in [7, 11) is 3.61. The predicted molar refractivity (Wildman–Crippen MR) is 91.8 cm³/mol. The van der Waals surface area contributed by atoms with Gasteiger partial charge in [-0.05, 0) is 50.9 Å². The number of piperidine rings is 1. The van der Waals surface area contributed by atoms with Crippen molar-refractivity contribution in [2.24, 2.45) is 5.92 Å². The van der Waals surface area contributed by atoms with Gasteiger partial charge in [0.15, 0.2) is 0 Å². The first-order valence-corrected chi connectivity index (χ1v) is 7.72. The summed E-state index contributed by atoms with van der Waals surface area (Å²) in [5.41, 5.74) is 1.15. The number of ether oxygens (including phenoxy) is 1. The molecule has 0 radical (unpaired) electrons. The molecule has 1 unspecified atom stereocenters. The van der Waals surface area contributed by atoms with Gasteiger partial charge in [-0.25, -0.2) is 0 Å². The summed E-state index contributed by atoms with van der Waals surface area (Å²) in [5.74, 6) is 1.35. The first-order chi connectivity index (χ1) is 10.1. The van der Waals surface area contributed by atoms with E-state index in [1.54, 1.807) is 7.11 Å². The number of nitrogens with zero attached hydrogens (tertiary/aromatic N) is 1. The van der Waals surface area contributed by atoms with Gasteiger partial charge in [-0.3, -0.25) is 4.79 Å². The van der Waals surface area contributed by atoms with Gasteiger partial charge < -0.3 is 15.0 Å². The zero-order valence-corrected chi connectivity index (χ0v) is 14.5. The van der Waals surface area contributed by atoms with Gasteiger partial charge >= 0.3 is 0 Å². The molecule has 1 fully saturated rings. The molecule has 2 rings (SSSR count). The lowest BCUT2D eigenvalue weighted by Gasteiger charge is -2.31. The highest BCUT2D eigenvalue weighted by molar-refractivity contribution is 5.85. The van der Waals surface area contributed by atoms with E-state index in [4.69, 9.17) is 4.74 Å². The molecule has 0 spiro atoms. The zero-order chi connectivity index (χ0) is 15.2. The van der Waals surface area contributed by atoms with Crippen molar-refractivity contribution in [3.05, 3.63) is 29.8 Å². The number of para-hydroxylation sites is 1. The fourth-order valence-electron chi connectivity index (χ4n) is 2.90. The number of halogens is 1. The number of nitrogens with one attached hydrogen (secondary N) is 1. The van der Waals surface area contributed by atoms with Crippen LogP contribution in [0.2, 0.25) is 0 Å².